The van der Waals surface area contributed by atoms with Crippen LogP contribution in [0.2, 0.25) is 0 Å². The van der Waals surface area contributed by atoms with Crippen LogP contribution in [0.25, 0.3) is 0 Å². The average molecular weight is 173 g/mol. The first kappa shape index (κ1) is 11.1. The zero-order chi connectivity index (χ0) is 9.56. The lowest BCUT2D eigenvalue weighted by Gasteiger charge is -2.04. The molecule has 70 valence electrons. The number of carbonyl (C=O) groups excluding carboxylic acids is 1. The van der Waals surface area contributed by atoms with Crippen molar-refractivity contribution in [2.45, 2.75) is 33.1 Å². The smallest absolute Gasteiger partial charge is 0.203 e. The van der Waals surface area contributed by atoms with E-state index in [2.05, 4.69) is 0 Å². The molecule has 0 aliphatic rings. The van der Waals surface area contributed by atoms with Gasteiger partial charge in [0.2, 0.25) is 6.54 Å². The molecule has 0 aromatic rings. The third-order valence-corrected chi connectivity index (χ3v) is 1.92. The van der Waals surface area contributed by atoms with Crippen LogP contribution in [0, 0.1) is 16.0 Å². The Balaban J connectivity index is 3.31. The highest BCUT2D eigenvalue weighted by molar-refractivity contribution is 5.77. The summed E-state index contributed by atoms with van der Waals surface area (Å²) in [5.41, 5.74) is 0. The van der Waals surface area contributed by atoms with Crippen LogP contribution >= 0.6 is 0 Å². The van der Waals surface area contributed by atoms with E-state index in [4.69, 9.17) is 0 Å². The van der Waals surface area contributed by atoms with E-state index >= 15 is 0 Å². The van der Waals surface area contributed by atoms with Crippen LogP contribution in [0.15, 0.2) is 0 Å². The number of hydrogen-bond donors (Lipinski definition) is 0. The predicted octanol–water partition coefficient (Wildman–Crippen LogP) is 1.66. The maximum absolute atomic E-state index is 10.7. The summed E-state index contributed by atoms with van der Waals surface area (Å²) in [5, 5.41) is 9.92. The molecule has 0 amide bonds. The minimum atomic E-state index is -0.321. The molecule has 4 nitrogen and oxygen atoms in total. The molecule has 1 unspecified atom stereocenters. The molecule has 0 saturated heterocycles. The molecule has 0 aromatic carbocycles. The Morgan fingerprint density at radius 2 is 2.08 bits per heavy atom. The number of hydrogen-bond acceptors (Lipinski definition) is 3. The largest absolute Gasteiger partial charge is 0.300 e. The van der Waals surface area contributed by atoms with Gasteiger partial charge in [0.05, 0.1) is 0 Å². The number of rotatable bonds is 6. The minimum Gasteiger partial charge on any atom is -0.300 e. The zero-order valence-electron chi connectivity index (χ0n) is 7.58. The number of carbonyl (C=O) groups is 1. The molecule has 0 radical (unpaired) electrons. The lowest BCUT2D eigenvalue weighted by Crippen LogP contribution is -2.07. The number of nitrogens with zero attached hydrogens (tertiary/aromatic N) is 1. The highest BCUT2D eigenvalue weighted by atomic mass is 16.6. The van der Waals surface area contributed by atoms with E-state index in [1.165, 1.54) is 0 Å². The normalized spacial score (nSPS) is 12.5. The monoisotopic (exact) mass is 173 g/mol. The summed E-state index contributed by atoms with van der Waals surface area (Å²) in [5.74, 6) is 0.216. The van der Waals surface area contributed by atoms with E-state index in [1.807, 2.05) is 6.92 Å². The second-order valence-electron chi connectivity index (χ2n) is 3.06. The molecule has 0 aliphatic carbocycles. The third-order valence-electron chi connectivity index (χ3n) is 1.92. The standard InChI is InChI=1S/C8H15NO3/c1-7(8(2)10)5-3-4-6-9(11)12/h7H,3-6H2,1-2H3. The van der Waals surface area contributed by atoms with E-state index in [0.29, 0.717) is 6.42 Å². The van der Waals surface area contributed by atoms with Crippen LogP contribution in [0.1, 0.15) is 33.1 Å². The molecule has 0 rings (SSSR count). The lowest BCUT2D eigenvalue weighted by atomic mass is 10.0. The highest BCUT2D eigenvalue weighted by Crippen LogP contribution is 2.08. The van der Waals surface area contributed by atoms with Crippen LogP contribution in [0.5, 0.6) is 0 Å². The van der Waals surface area contributed by atoms with E-state index in [0.717, 1.165) is 12.8 Å². The van der Waals surface area contributed by atoms with Gasteiger partial charge in [0.1, 0.15) is 5.78 Å². The van der Waals surface area contributed by atoms with Gasteiger partial charge in [-0.25, -0.2) is 0 Å². The molecule has 12 heavy (non-hydrogen) atoms. The number of unbranched alkanes of at least 4 members (excludes halogenated alkanes) is 1. The first-order chi connectivity index (χ1) is 5.54. The Morgan fingerprint density at radius 3 is 2.50 bits per heavy atom. The van der Waals surface area contributed by atoms with Gasteiger partial charge in [-0.1, -0.05) is 6.92 Å². The van der Waals surface area contributed by atoms with Gasteiger partial charge in [-0.15, -0.1) is 0 Å². The SMILES string of the molecule is CC(=O)C(C)CCCC[N+](=O)[O-]. The number of Topliss-reactive ketones (excluding diaryl/α,β-unsaturated/α-hetero) is 1. The summed E-state index contributed by atoms with van der Waals surface area (Å²) in [4.78, 5) is 20.3. The summed E-state index contributed by atoms with van der Waals surface area (Å²) in [6.45, 7) is 3.43. The second kappa shape index (κ2) is 5.69. The molecule has 0 aliphatic heterocycles. The molecule has 4 heteroatoms. The summed E-state index contributed by atoms with van der Waals surface area (Å²) in [7, 11) is 0. The van der Waals surface area contributed by atoms with Gasteiger partial charge in [-0.05, 0) is 19.8 Å². The van der Waals surface area contributed by atoms with E-state index in [-0.39, 0.29) is 23.2 Å². The summed E-state index contributed by atoms with van der Waals surface area (Å²) >= 11 is 0. The third kappa shape index (κ3) is 5.82. The van der Waals surface area contributed by atoms with Crippen molar-refractivity contribution in [1.29, 1.82) is 0 Å². The Bertz CT molecular complexity index is 168. The van der Waals surface area contributed by atoms with Crippen molar-refractivity contribution in [3.05, 3.63) is 10.1 Å². The van der Waals surface area contributed by atoms with Crippen LogP contribution in [-0.4, -0.2) is 17.3 Å². The van der Waals surface area contributed by atoms with Crippen molar-refractivity contribution < 1.29 is 9.72 Å². The van der Waals surface area contributed by atoms with Crippen LogP contribution in [0.3, 0.4) is 0 Å². The van der Waals surface area contributed by atoms with Crippen LogP contribution < -0.4 is 0 Å². The van der Waals surface area contributed by atoms with Gasteiger partial charge in [-0.2, -0.15) is 0 Å². The van der Waals surface area contributed by atoms with Crippen molar-refractivity contribution in [3.63, 3.8) is 0 Å². The van der Waals surface area contributed by atoms with E-state index in [9.17, 15) is 14.9 Å². The molecular formula is C8H15NO3. The quantitative estimate of drug-likeness (QED) is 0.348. The van der Waals surface area contributed by atoms with Crippen LogP contribution in [-0.2, 0) is 4.79 Å². The first-order valence-electron chi connectivity index (χ1n) is 4.16. The number of nitro groups is 1. The maximum Gasteiger partial charge on any atom is 0.203 e. The Hall–Kier alpha value is -0.930. The maximum atomic E-state index is 10.7. The highest BCUT2D eigenvalue weighted by Gasteiger charge is 2.07. The van der Waals surface area contributed by atoms with Gasteiger partial charge in [-0.3, -0.25) is 14.9 Å². The average Bonchev–Trinajstić information content (AvgIpc) is 1.97. The van der Waals surface area contributed by atoms with Crippen molar-refractivity contribution in [2.24, 2.45) is 5.92 Å². The Morgan fingerprint density at radius 1 is 1.50 bits per heavy atom. The van der Waals surface area contributed by atoms with Crippen molar-refractivity contribution in [3.8, 4) is 0 Å². The molecule has 1 atom stereocenters. The van der Waals surface area contributed by atoms with Crippen molar-refractivity contribution in [1.82, 2.24) is 0 Å². The summed E-state index contributed by atoms with van der Waals surface area (Å²) < 4.78 is 0. The van der Waals surface area contributed by atoms with Gasteiger partial charge in [0, 0.05) is 17.3 Å². The van der Waals surface area contributed by atoms with Crippen molar-refractivity contribution in [2.75, 3.05) is 6.54 Å². The zero-order valence-corrected chi connectivity index (χ0v) is 7.58. The molecule has 0 N–H and O–H groups in total. The summed E-state index contributed by atoms with van der Waals surface area (Å²) in [6, 6.07) is 0. The Kier molecular flexibility index (Phi) is 5.25. The Labute approximate surface area is 72.1 Å². The van der Waals surface area contributed by atoms with Crippen molar-refractivity contribution >= 4 is 5.78 Å². The molecule has 0 spiro atoms. The summed E-state index contributed by atoms with van der Waals surface area (Å²) in [6.07, 6.45) is 2.11. The molecule has 0 heterocycles. The molecular weight excluding hydrogens is 158 g/mol. The fourth-order valence-corrected chi connectivity index (χ4v) is 0.895. The fraction of sp³-hybridized carbons (Fsp3) is 0.875. The van der Waals surface area contributed by atoms with E-state index in [1.54, 1.807) is 6.92 Å². The topological polar surface area (TPSA) is 60.2 Å². The van der Waals surface area contributed by atoms with Gasteiger partial charge >= 0.3 is 0 Å². The number of ketones is 1. The van der Waals surface area contributed by atoms with Gasteiger partial charge < -0.3 is 0 Å². The first-order valence-corrected chi connectivity index (χ1v) is 4.16. The molecule has 0 aromatic heterocycles. The molecule has 0 fully saturated rings. The molecule has 0 bridgehead atoms. The minimum absolute atomic E-state index is 0.0185. The van der Waals surface area contributed by atoms with Gasteiger partial charge in [0.25, 0.3) is 0 Å². The second-order valence-corrected chi connectivity index (χ2v) is 3.06. The predicted molar refractivity (Wildman–Crippen MR) is 45.6 cm³/mol. The van der Waals surface area contributed by atoms with Crippen LogP contribution in [0.4, 0.5) is 0 Å². The lowest BCUT2D eigenvalue weighted by molar-refractivity contribution is -0.480. The fourth-order valence-electron chi connectivity index (χ4n) is 0.895. The van der Waals surface area contributed by atoms with E-state index < -0.39 is 0 Å². The van der Waals surface area contributed by atoms with Gasteiger partial charge in [0.15, 0.2) is 0 Å². The molecule has 0 saturated carbocycles.